The van der Waals surface area contributed by atoms with Gasteiger partial charge in [-0.3, -0.25) is 0 Å². The number of halogens is 2. The molecule has 0 heterocycles. The molecule has 0 atom stereocenters. The van der Waals surface area contributed by atoms with Crippen LogP contribution in [-0.2, 0) is 4.74 Å². The molecular weight excluding hydrogens is 249 g/mol. The summed E-state index contributed by atoms with van der Waals surface area (Å²) in [7, 11) is 1.32. The SMILES string of the molecule is COC(=O)c1cc(Cl)cc(Cl)c1NC(C)C. The average molecular weight is 262 g/mol. The molecule has 5 heteroatoms. The van der Waals surface area contributed by atoms with Gasteiger partial charge in [0.2, 0.25) is 0 Å². The lowest BCUT2D eigenvalue weighted by molar-refractivity contribution is 0.0602. The number of rotatable bonds is 3. The quantitative estimate of drug-likeness (QED) is 0.846. The zero-order valence-corrected chi connectivity index (χ0v) is 10.8. The Bertz CT molecular complexity index is 405. The molecule has 0 radical (unpaired) electrons. The van der Waals surface area contributed by atoms with E-state index < -0.39 is 5.97 Å². The normalized spacial score (nSPS) is 10.4. The van der Waals surface area contributed by atoms with Gasteiger partial charge in [0.1, 0.15) is 0 Å². The molecule has 0 saturated heterocycles. The van der Waals surface area contributed by atoms with Crippen LogP contribution in [0.3, 0.4) is 0 Å². The fraction of sp³-hybridized carbons (Fsp3) is 0.364. The molecule has 0 unspecified atom stereocenters. The molecule has 1 aromatic rings. The highest BCUT2D eigenvalue weighted by molar-refractivity contribution is 6.37. The van der Waals surface area contributed by atoms with Crippen LogP contribution in [0.4, 0.5) is 5.69 Å². The number of methoxy groups -OCH3 is 1. The van der Waals surface area contributed by atoms with Crippen LogP contribution >= 0.6 is 23.2 Å². The van der Waals surface area contributed by atoms with Crippen LogP contribution < -0.4 is 5.32 Å². The zero-order valence-electron chi connectivity index (χ0n) is 9.30. The van der Waals surface area contributed by atoms with E-state index in [1.165, 1.54) is 13.2 Å². The van der Waals surface area contributed by atoms with Crippen LogP contribution in [0.1, 0.15) is 24.2 Å². The van der Waals surface area contributed by atoms with Crippen LogP contribution in [0.5, 0.6) is 0 Å². The standard InChI is InChI=1S/C11H13Cl2NO2/c1-6(2)14-10-8(11(15)16-3)4-7(12)5-9(10)13/h4-6,14H,1-3H3. The molecule has 1 N–H and O–H groups in total. The molecule has 3 nitrogen and oxygen atoms in total. The first-order chi connectivity index (χ1) is 7.45. The fourth-order valence-corrected chi connectivity index (χ4v) is 1.83. The number of carbonyl (C=O) groups is 1. The third kappa shape index (κ3) is 3.03. The average Bonchev–Trinajstić information content (AvgIpc) is 2.20. The van der Waals surface area contributed by atoms with Gasteiger partial charge in [-0.05, 0) is 26.0 Å². The summed E-state index contributed by atoms with van der Waals surface area (Å²) in [5.41, 5.74) is 0.890. The molecule has 16 heavy (non-hydrogen) atoms. The second-order valence-electron chi connectivity index (χ2n) is 3.60. The van der Waals surface area contributed by atoms with Gasteiger partial charge in [0.15, 0.2) is 0 Å². The highest BCUT2D eigenvalue weighted by Gasteiger charge is 2.16. The summed E-state index contributed by atoms with van der Waals surface area (Å²) < 4.78 is 4.67. The van der Waals surface area contributed by atoms with Gasteiger partial charge >= 0.3 is 5.97 Å². The molecule has 0 aromatic heterocycles. The molecule has 0 aliphatic carbocycles. The van der Waals surface area contributed by atoms with Gasteiger partial charge in [-0.1, -0.05) is 23.2 Å². The second kappa shape index (κ2) is 5.41. The number of anilines is 1. The second-order valence-corrected chi connectivity index (χ2v) is 4.44. The first kappa shape index (κ1) is 13.1. The Balaban J connectivity index is 3.26. The number of benzene rings is 1. The summed E-state index contributed by atoms with van der Waals surface area (Å²) in [5, 5.41) is 3.90. The van der Waals surface area contributed by atoms with E-state index >= 15 is 0 Å². The van der Waals surface area contributed by atoms with Crippen LogP contribution in [-0.4, -0.2) is 19.1 Å². The van der Waals surface area contributed by atoms with Crippen molar-refractivity contribution < 1.29 is 9.53 Å². The summed E-state index contributed by atoms with van der Waals surface area (Å²) in [5.74, 6) is -0.465. The molecule has 0 bridgehead atoms. The van der Waals surface area contributed by atoms with Gasteiger partial charge < -0.3 is 10.1 Å². The maximum Gasteiger partial charge on any atom is 0.340 e. The minimum Gasteiger partial charge on any atom is -0.465 e. The van der Waals surface area contributed by atoms with Gasteiger partial charge in [0.05, 0.1) is 23.4 Å². The Labute approximate surface area is 105 Å². The van der Waals surface area contributed by atoms with E-state index in [9.17, 15) is 4.79 Å². The van der Waals surface area contributed by atoms with E-state index in [1.807, 2.05) is 13.8 Å². The Kier molecular flexibility index (Phi) is 4.44. The molecule has 0 aliphatic rings. The molecular formula is C11H13Cl2NO2. The summed E-state index contributed by atoms with van der Waals surface area (Å²) >= 11 is 11.9. The number of hydrogen-bond acceptors (Lipinski definition) is 3. The molecule has 1 aromatic carbocycles. The van der Waals surface area contributed by atoms with Gasteiger partial charge in [-0.25, -0.2) is 4.79 Å². The zero-order chi connectivity index (χ0) is 12.3. The molecule has 0 amide bonds. The molecule has 0 saturated carbocycles. The maximum absolute atomic E-state index is 11.5. The van der Waals surface area contributed by atoms with Crippen molar-refractivity contribution in [1.82, 2.24) is 0 Å². The first-order valence-corrected chi connectivity index (χ1v) is 5.55. The lowest BCUT2D eigenvalue weighted by Crippen LogP contribution is -2.14. The van der Waals surface area contributed by atoms with Crippen LogP contribution in [0.2, 0.25) is 10.0 Å². The number of ether oxygens (including phenoxy) is 1. The lowest BCUT2D eigenvalue weighted by Gasteiger charge is -2.15. The largest absolute Gasteiger partial charge is 0.465 e. The van der Waals surface area contributed by atoms with Gasteiger partial charge in [-0.15, -0.1) is 0 Å². The molecule has 0 spiro atoms. The van der Waals surface area contributed by atoms with Crippen molar-refractivity contribution in [1.29, 1.82) is 0 Å². The number of esters is 1. The predicted molar refractivity (Wildman–Crippen MR) is 66.6 cm³/mol. The van der Waals surface area contributed by atoms with Gasteiger partial charge in [0.25, 0.3) is 0 Å². The van der Waals surface area contributed by atoms with Crippen molar-refractivity contribution in [2.75, 3.05) is 12.4 Å². The van der Waals surface area contributed by atoms with Crippen molar-refractivity contribution in [2.45, 2.75) is 19.9 Å². The van der Waals surface area contributed by atoms with Gasteiger partial charge in [-0.2, -0.15) is 0 Å². The van der Waals surface area contributed by atoms with Gasteiger partial charge in [0, 0.05) is 11.1 Å². The summed E-state index contributed by atoms with van der Waals surface area (Å²) in [6.45, 7) is 3.90. The third-order valence-electron chi connectivity index (χ3n) is 1.89. The fourth-order valence-electron chi connectivity index (χ4n) is 1.28. The predicted octanol–water partition coefficient (Wildman–Crippen LogP) is 3.60. The minimum atomic E-state index is -0.465. The van der Waals surface area contributed by atoms with Crippen LogP contribution in [0.25, 0.3) is 0 Å². The number of hydrogen-bond donors (Lipinski definition) is 1. The number of nitrogens with one attached hydrogen (secondary N) is 1. The van der Waals surface area contributed by atoms with Crippen LogP contribution in [0, 0.1) is 0 Å². The van der Waals surface area contributed by atoms with E-state index in [0.717, 1.165) is 0 Å². The third-order valence-corrected chi connectivity index (χ3v) is 2.41. The summed E-state index contributed by atoms with van der Waals surface area (Å²) in [6.07, 6.45) is 0. The Morgan fingerprint density at radius 3 is 2.50 bits per heavy atom. The van der Waals surface area contributed by atoms with E-state index in [-0.39, 0.29) is 6.04 Å². The van der Waals surface area contributed by atoms with E-state index in [1.54, 1.807) is 6.07 Å². The highest BCUT2D eigenvalue weighted by atomic mass is 35.5. The molecule has 88 valence electrons. The van der Waals surface area contributed by atoms with E-state index in [4.69, 9.17) is 23.2 Å². The number of carbonyl (C=O) groups excluding carboxylic acids is 1. The summed E-state index contributed by atoms with van der Waals surface area (Å²) in [4.78, 5) is 11.5. The monoisotopic (exact) mass is 261 g/mol. The maximum atomic E-state index is 11.5. The smallest absolute Gasteiger partial charge is 0.340 e. The molecule has 1 rings (SSSR count). The summed E-state index contributed by atoms with van der Waals surface area (Å²) in [6, 6.07) is 3.27. The highest BCUT2D eigenvalue weighted by Crippen LogP contribution is 2.31. The van der Waals surface area contributed by atoms with Crippen molar-refractivity contribution in [3.8, 4) is 0 Å². The van der Waals surface area contributed by atoms with Crippen molar-refractivity contribution in [2.24, 2.45) is 0 Å². The first-order valence-electron chi connectivity index (χ1n) is 4.79. The molecule has 0 fully saturated rings. The van der Waals surface area contributed by atoms with E-state index in [2.05, 4.69) is 10.1 Å². The topological polar surface area (TPSA) is 38.3 Å². The molecule has 0 aliphatic heterocycles. The van der Waals surface area contributed by atoms with Crippen molar-refractivity contribution in [3.63, 3.8) is 0 Å². The Hall–Kier alpha value is -0.930. The lowest BCUT2D eigenvalue weighted by atomic mass is 10.1. The van der Waals surface area contributed by atoms with Crippen molar-refractivity contribution >= 4 is 34.9 Å². The van der Waals surface area contributed by atoms with Crippen molar-refractivity contribution in [3.05, 3.63) is 27.7 Å². The Morgan fingerprint density at radius 1 is 1.38 bits per heavy atom. The van der Waals surface area contributed by atoms with Crippen LogP contribution in [0.15, 0.2) is 12.1 Å². The Morgan fingerprint density at radius 2 is 2.00 bits per heavy atom. The van der Waals surface area contributed by atoms with E-state index in [0.29, 0.717) is 21.3 Å². The minimum absolute atomic E-state index is 0.155.